The van der Waals surface area contributed by atoms with E-state index in [4.69, 9.17) is 0 Å². The molecule has 2 aromatic carbocycles. The molecular weight excluding hydrogens is 412 g/mol. The van der Waals surface area contributed by atoms with E-state index in [1.807, 2.05) is 38.1 Å². The van der Waals surface area contributed by atoms with Gasteiger partial charge in [0.05, 0.1) is 5.54 Å². The standard InChI is InChI=1S/C27H36N4O2/c1-27(2,31-19-15-29(4)16-20-31)26(33)23-7-5-21(6-8-23)25(32)22-9-11-24(12-10-22)30-17-13-28(3)14-18-30/h5-12H,13-20H2,1-4H3. The molecular formula is C27H36N4O2. The van der Waals surface area contributed by atoms with Crippen molar-refractivity contribution in [3.8, 4) is 0 Å². The van der Waals surface area contributed by atoms with Crippen LogP contribution in [0.3, 0.4) is 0 Å². The van der Waals surface area contributed by atoms with Gasteiger partial charge in [-0.2, -0.15) is 0 Å². The van der Waals surface area contributed by atoms with Gasteiger partial charge in [-0.1, -0.05) is 24.3 Å². The third kappa shape index (κ3) is 5.18. The Balaban J connectivity index is 1.42. The van der Waals surface area contributed by atoms with Gasteiger partial charge in [-0.05, 0) is 52.2 Å². The van der Waals surface area contributed by atoms with Gasteiger partial charge in [0.1, 0.15) is 0 Å². The van der Waals surface area contributed by atoms with Gasteiger partial charge < -0.3 is 14.7 Å². The first kappa shape index (κ1) is 23.6. The van der Waals surface area contributed by atoms with E-state index < -0.39 is 5.54 Å². The summed E-state index contributed by atoms with van der Waals surface area (Å²) in [5.41, 5.74) is 2.53. The van der Waals surface area contributed by atoms with E-state index in [1.165, 1.54) is 0 Å². The highest BCUT2D eigenvalue weighted by atomic mass is 16.1. The van der Waals surface area contributed by atoms with Crippen molar-refractivity contribution in [3.05, 3.63) is 65.2 Å². The van der Waals surface area contributed by atoms with E-state index in [9.17, 15) is 9.59 Å². The molecule has 0 N–H and O–H groups in total. The molecule has 0 radical (unpaired) electrons. The second-order valence-electron chi connectivity index (χ2n) is 9.92. The summed E-state index contributed by atoms with van der Waals surface area (Å²) in [6.07, 6.45) is 0. The first-order valence-electron chi connectivity index (χ1n) is 11.9. The maximum Gasteiger partial charge on any atom is 0.193 e. The first-order chi connectivity index (χ1) is 15.8. The Labute approximate surface area is 197 Å². The maximum atomic E-state index is 13.3. The van der Waals surface area contributed by atoms with E-state index in [2.05, 4.69) is 33.7 Å². The molecule has 33 heavy (non-hydrogen) atoms. The fraction of sp³-hybridized carbons (Fsp3) is 0.481. The van der Waals surface area contributed by atoms with Gasteiger partial charge >= 0.3 is 0 Å². The monoisotopic (exact) mass is 448 g/mol. The molecule has 0 unspecified atom stereocenters. The summed E-state index contributed by atoms with van der Waals surface area (Å²) in [6, 6.07) is 15.0. The Morgan fingerprint density at radius 1 is 0.636 bits per heavy atom. The van der Waals surface area contributed by atoms with Crippen LogP contribution < -0.4 is 4.90 Å². The predicted octanol–water partition coefficient (Wildman–Crippen LogP) is 2.88. The number of Topliss-reactive ketones (excluding diaryl/α,β-unsaturated/α-hetero) is 1. The smallest absolute Gasteiger partial charge is 0.193 e. The van der Waals surface area contributed by atoms with Gasteiger partial charge in [-0.3, -0.25) is 14.5 Å². The highest BCUT2D eigenvalue weighted by Crippen LogP contribution is 2.23. The zero-order valence-corrected chi connectivity index (χ0v) is 20.4. The quantitative estimate of drug-likeness (QED) is 0.634. The average Bonchev–Trinajstić information content (AvgIpc) is 2.84. The predicted molar refractivity (Wildman–Crippen MR) is 134 cm³/mol. The van der Waals surface area contributed by atoms with E-state index in [0.29, 0.717) is 16.7 Å². The number of anilines is 1. The van der Waals surface area contributed by atoms with Crippen molar-refractivity contribution in [2.75, 3.05) is 71.4 Å². The minimum Gasteiger partial charge on any atom is -0.369 e. The summed E-state index contributed by atoms with van der Waals surface area (Å²) < 4.78 is 0. The lowest BCUT2D eigenvalue weighted by Gasteiger charge is -2.42. The number of nitrogens with zero attached hydrogens (tertiary/aromatic N) is 4. The minimum atomic E-state index is -0.564. The van der Waals surface area contributed by atoms with Crippen LogP contribution in [0.25, 0.3) is 0 Å². The van der Waals surface area contributed by atoms with Gasteiger partial charge in [-0.15, -0.1) is 0 Å². The van der Waals surface area contributed by atoms with E-state index in [0.717, 1.165) is 58.0 Å². The highest BCUT2D eigenvalue weighted by Gasteiger charge is 2.36. The number of hydrogen-bond donors (Lipinski definition) is 0. The molecule has 176 valence electrons. The third-order valence-corrected chi connectivity index (χ3v) is 7.26. The molecule has 0 atom stereocenters. The van der Waals surface area contributed by atoms with Crippen molar-refractivity contribution in [1.29, 1.82) is 0 Å². The van der Waals surface area contributed by atoms with Gasteiger partial charge in [0.15, 0.2) is 11.6 Å². The van der Waals surface area contributed by atoms with Gasteiger partial charge in [0.2, 0.25) is 0 Å². The highest BCUT2D eigenvalue weighted by molar-refractivity contribution is 6.10. The third-order valence-electron chi connectivity index (χ3n) is 7.26. The van der Waals surface area contributed by atoms with Crippen molar-refractivity contribution in [2.24, 2.45) is 0 Å². The van der Waals surface area contributed by atoms with Crippen molar-refractivity contribution in [3.63, 3.8) is 0 Å². The zero-order chi connectivity index (χ0) is 23.6. The summed E-state index contributed by atoms with van der Waals surface area (Å²) in [4.78, 5) is 35.5. The molecule has 2 aromatic rings. The Morgan fingerprint density at radius 2 is 1.06 bits per heavy atom. The van der Waals surface area contributed by atoms with E-state index in [-0.39, 0.29) is 11.6 Å². The van der Waals surface area contributed by atoms with Crippen LogP contribution in [0.1, 0.15) is 40.1 Å². The molecule has 2 aliphatic heterocycles. The number of ketones is 2. The molecule has 2 heterocycles. The maximum absolute atomic E-state index is 13.3. The number of piperazine rings is 2. The first-order valence-corrected chi connectivity index (χ1v) is 11.9. The molecule has 0 saturated carbocycles. The molecule has 4 rings (SSSR count). The normalized spacial score (nSPS) is 19.0. The summed E-state index contributed by atoms with van der Waals surface area (Å²) in [7, 11) is 4.26. The summed E-state index contributed by atoms with van der Waals surface area (Å²) >= 11 is 0. The number of hydrogen-bond acceptors (Lipinski definition) is 6. The Morgan fingerprint density at radius 3 is 1.58 bits per heavy atom. The fourth-order valence-corrected chi connectivity index (χ4v) is 4.69. The van der Waals surface area contributed by atoms with Gasteiger partial charge in [0.25, 0.3) is 0 Å². The number of benzene rings is 2. The largest absolute Gasteiger partial charge is 0.369 e. The number of rotatable bonds is 6. The number of likely N-dealkylation sites (N-methyl/N-ethyl adjacent to an activating group) is 2. The van der Waals surface area contributed by atoms with Crippen LogP contribution in [-0.2, 0) is 0 Å². The molecule has 6 nitrogen and oxygen atoms in total. The summed E-state index contributed by atoms with van der Waals surface area (Å²) in [5, 5.41) is 0. The number of carbonyl (C=O) groups is 2. The van der Waals surface area contributed by atoms with Gasteiger partial charge in [-0.25, -0.2) is 0 Å². The number of carbonyl (C=O) groups excluding carboxylic acids is 2. The Bertz CT molecular complexity index is 968. The molecule has 2 saturated heterocycles. The minimum absolute atomic E-state index is 0.0164. The SMILES string of the molecule is CN1CCN(c2ccc(C(=O)c3ccc(C(=O)C(C)(C)N4CCN(C)CC4)cc3)cc2)CC1. The Hall–Kier alpha value is -2.54. The average molecular weight is 449 g/mol. The summed E-state index contributed by atoms with van der Waals surface area (Å²) in [5.74, 6) is 0.0832. The lowest BCUT2D eigenvalue weighted by molar-refractivity contribution is 0.0463. The van der Waals surface area contributed by atoms with Crippen molar-refractivity contribution < 1.29 is 9.59 Å². The topological polar surface area (TPSA) is 47.1 Å². The Kier molecular flexibility index (Phi) is 6.98. The molecule has 0 aliphatic carbocycles. The van der Waals surface area contributed by atoms with Crippen LogP contribution in [0.2, 0.25) is 0 Å². The molecule has 2 fully saturated rings. The molecule has 0 aromatic heterocycles. The second kappa shape index (κ2) is 9.75. The van der Waals surface area contributed by atoms with E-state index >= 15 is 0 Å². The zero-order valence-electron chi connectivity index (χ0n) is 20.4. The lowest BCUT2D eigenvalue weighted by Crippen LogP contribution is -2.57. The van der Waals surface area contributed by atoms with Crippen LogP contribution >= 0.6 is 0 Å². The molecule has 0 spiro atoms. The summed E-state index contributed by atoms with van der Waals surface area (Å²) in [6.45, 7) is 11.8. The van der Waals surface area contributed by atoms with Crippen molar-refractivity contribution in [2.45, 2.75) is 19.4 Å². The second-order valence-corrected chi connectivity index (χ2v) is 9.92. The van der Waals surface area contributed by atoms with Crippen molar-refractivity contribution in [1.82, 2.24) is 14.7 Å². The van der Waals surface area contributed by atoms with E-state index in [1.54, 1.807) is 24.3 Å². The van der Waals surface area contributed by atoms with Crippen LogP contribution in [0, 0.1) is 0 Å². The lowest BCUT2D eigenvalue weighted by atomic mass is 9.89. The van der Waals surface area contributed by atoms with Gasteiger partial charge in [0, 0.05) is 74.7 Å². The van der Waals surface area contributed by atoms with Crippen LogP contribution in [0.5, 0.6) is 0 Å². The van der Waals surface area contributed by atoms with Crippen molar-refractivity contribution >= 4 is 17.3 Å². The van der Waals surface area contributed by atoms with Crippen LogP contribution in [0.15, 0.2) is 48.5 Å². The molecule has 6 heteroatoms. The molecule has 2 aliphatic rings. The molecule has 0 amide bonds. The van der Waals surface area contributed by atoms with Crippen LogP contribution in [-0.4, -0.2) is 98.3 Å². The van der Waals surface area contributed by atoms with Crippen LogP contribution in [0.4, 0.5) is 5.69 Å². The molecule has 0 bridgehead atoms. The fourth-order valence-electron chi connectivity index (χ4n) is 4.69.